The number of ether oxygens (including phenoxy) is 3. The van der Waals surface area contributed by atoms with Gasteiger partial charge in [0, 0.05) is 20.1 Å². The number of rotatable bonds is 7. The van der Waals surface area contributed by atoms with Crippen LogP contribution in [0, 0.1) is 5.92 Å². The fourth-order valence-corrected chi connectivity index (χ4v) is 3.08. The Balaban J connectivity index is 2.21. The highest BCUT2D eigenvalue weighted by Crippen LogP contribution is 2.25. The number of carbonyl (C=O) groups excluding carboxylic acids is 4. The summed E-state index contributed by atoms with van der Waals surface area (Å²) in [4.78, 5) is 50.3. The summed E-state index contributed by atoms with van der Waals surface area (Å²) in [5.74, 6) is -2.42. The van der Waals surface area contributed by atoms with Crippen LogP contribution in [0.2, 0.25) is 0 Å². The van der Waals surface area contributed by atoms with Crippen LogP contribution in [0.15, 0.2) is 18.2 Å². The Morgan fingerprint density at radius 1 is 1.18 bits per heavy atom. The van der Waals surface area contributed by atoms with Gasteiger partial charge in [0.1, 0.15) is 0 Å². The molecule has 2 atom stereocenters. The molecule has 0 aromatic heterocycles. The van der Waals surface area contributed by atoms with Crippen LogP contribution in [0.3, 0.4) is 0 Å². The molecule has 9 nitrogen and oxygen atoms in total. The van der Waals surface area contributed by atoms with Gasteiger partial charge in [-0.15, -0.1) is 0 Å². The summed E-state index contributed by atoms with van der Waals surface area (Å²) >= 11 is 0. The zero-order valence-corrected chi connectivity index (χ0v) is 16.3. The van der Waals surface area contributed by atoms with E-state index in [-0.39, 0.29) is 41.7 Å². The van der Waals surface area contributed by atoms with Crippen LogP contribution < -0.4 is 5.32 Å². The maximum atomic E-state index is 12.7. The molecule has 152 valence electrons. The lowest BCUT2D eigenvalue weighted by molar-refractivity contribution is -0.130. The van der Waals surface area contributed by atoms with Crippen molar-refractivity contribution in [2.75, 3.05) is 39.8 Å². The monoisotopic (exact) mass is 392 g/mol. The van der Waals surface area contributed by atoms with Gasteiger partial charge in [0.15, 0.2) is 0 Å². The number of likely N-dealkylation sites (tertiary alicyclic amines) is 1. The Kier molecular flexibility index (Phi) is 7.11. The zero-order chi connectivity index (χ0) is 20.8. The third kappa shape index (κ3) is 4.66. The first kappa shape index (κ1) is 21.4. The molecular weight excluding hydrogens is 368 g/mol. The Bertz CT molecular complexity index is 778. The lowest BCUT2D eigenvalue weighted by Crippen LogP contribution is -2.38. The lowest BCUT2D eigenvalue weighted by atomic mass is 10.1. The number of methoxy groups -OCH3 is 3. The van der Waals surface area contributed by atoms with Crippen molar-refractivity contribution in [1.82, 2.24) is 4.90 Å². The van der Waals surface area contributed by atoms with Gasteiger partial charge in [0.2, 0.25) is 11.8 Å². The van der Waals surface area contributed by atoms with Gasteiger partial charge < -0.3 is 24.4 Å². The zero-order valence-electron chi connectivity index (χ0n) is 16.3. The fourth-order valence-electron chi connectivity index (χ4n) is 3.08. The Morgan fingerprint density at radius 3 is 2.46 bits per heavy atom. The molecule has 0 unspecified atom stereocenters. The van der Waals surface area contributed by atoms with Crippen LogP contribution in [0.5, 0.6) is 0 Å². The second-order valence-corrected chi connectivity index (χ2v) is 6.48. The molecule has 1 aliphatic rings. The van der Waals surface area contributed by atoms with Crippen LogP contribution >= 0.6 is 0 Å². The van der Waals surface area contributed by atoms with Crippen LogP contribution in [0.1, 0.15) is 34.1 Å². The average Bonchev–Trinajstić information content (AvgIpc) is 3.08. The molecule has 0 bridgehead atoms. The molecule has 0 saturated carbocycles. The first-order valence-corrected chi connectivity index (χ1v) is 8.72. The third-order valence-electron chi connectivity index (χ3n) is 4.57. The molecule has 1 aromatic rings. The minimum atomic E-state index is -0.662. The second kappa shape index (κ2) is 9.32. The van der Waals surface area contributed by atoms with Gasteiger partial charge in [0.25, 0.3) is 0 Å². The Morgan fingerprint density at radius 2 is 1.86 bits per heavy atom. The largest absolute Gasteiger partial charge is 0.465 e. The molecule has 0 spiro atoms. The molecule has 1 heterocycles. The first-order valence-electron chi connectivity index (χ1n) is 8.72. The van der Waals surface area contributed by atoms with Crippen molar-refractivity contribution in [3.63, 3.8) is 0 Å². The maximum absolute atomic E-state index is 12.7. The van der Waals surface area contributed by atoms with Crippen molar-refractivity contribution in [1.29, 1.82) is 0 Å². The minimum absolute atomic E-state index is 0.0597. The maximum Gasteiger partial charge on any atom is 0.339 e. The van der Waals surface area contributed by atoms with E-state index in [1.165, 1.54) is 32.4 Å². The van der Waals surface area contributed by atoms with Crippen molar-refractivity contribution in [3.8, 4) is 0 Å². The topological polar surface area (TPSA) is 111 Å². The summed E-state index contributed by atoms with van der Waals surface area (Å²) in [5, 5.41) is 2.64. The van der Waals surface area contributed by atoms with Crippen molar-refractivity contribution >= 4 is 29.4 Å². The van der Waals surface area contributed by atoms with Crippen LogP contribution in [0.25, 0.3) is 0 Å². The van der Waals surface area contributed by atoms with Crippen molar-refractivity contribution in [2.24, 2.45) is 5.92 Å². The van der Waals surface area contributed by atoms with Crippen molar-refractivity contribution in [2.45, 2.75) is 19.4 Å². The molecule has 1 aliphatic heterocycles. The van der Waals surface area contributed by atoms with Crippen LogP contribution in [-0.4, -0.2) is 69.2 Å². The predicted molar refractivity (Wildman–Crippen MR) is 98.9 cm³/mol. The minimum Gasteiger partial charge on any atom is -0.465 e. The van der Waals surface area contributed by atoms with Gasteiger partial charge in [-0.2, -0.15) is 0 Å². The van der Waals surface area contributed by atoms with E-state index in [0.717, 1.165) is 0 Å². The van der Waals surface area contributed by atoms with E-state index in [1.54, 1.807) is 12.0 Å². The van der Waals surface area contributed by atoms with E-state index in [2.05, 4.69) is 10.1 Å². The SMILES string of the molecule is COC[C@@H](C)N1C[C@@H](C(=O)Nc2cc(C(=O)OC)ccc2C(=O)OC)CC1=O. The second-order valence-electron chi connectivity index (χ2n) is 6.48. The molecule has 1 N–H and O–H groups in total. The molecule has 28 heavy (non-hydrogen) atoms. The normalized spacial score (nSPS) is 17.2. The predicted octanol–water partition coefficient (Wildman–Crippen LogP) is 1.08. The fraction of sp³-hybridized carbons (Fsp3) is 0.474. The molecule has 2 amide bonds. The molecule has 1 saturated heterocycles. The van der Waals surface area contributed by atoms with E-state index in [4.69, 9.17) is 9.47 Å². The molecule has 2 rings (SSSR count). The molecule has 0 radical (unpaired) electrons. The molecule has 1 fully saturated rings. The van der Waals surface area contributed by atoms with Gasteiger partial charge in [-0.3, -0.25) is 9.59 Å². The molecule has 9 heteroatoms. The highest BCUT2D eigenvalue weighted by atomic mass is 16.5. The first-order chi connectivity index (χ1) is 13.3. The van der Waals surface area contributed by atoms with E-state index in [0.29, 0.717) is 6.61 Å². The number of esters is 2. The summed E-state index contributed by atoms with van der Waals surface area (Å²) in [6, 6.07) is 3.98. The number of benzene rings is 1. The quantitative estimate of drug-likeness (QED) is 0.691. The Hall–Kier alpha value is -2.94. The standard InChI is InChI=1S/C19H24N2O7/c1-11(10-26-2)21-9-13(8-16(21)22)17(23)20-15-7-12(18(24)27-3)5-6-14(15)19(25)28-4/h5-7,11,13H,8-10H2,1-4H3,(H,20,23)/t11-,13+/m1/s1. The number of nitrogens with zero attached hydrogens (tertiary/aromatic N) is 1. The summed E-state index contributed by atoms with van der Waals surface area (Å²) in [6.07, 6.45) is 0.0597. The van der Waals surface area contributed by atoms with Gasteiger partial charge in [0.05, 0.1) is 49.6 Å². The van der Waals surface area contributed by atoms with Crippen molar-refractivity contribution < 1.29 is 33.4 Å². The summed E-state index contributed by atoms with van der Waals surface area (Å²) in [6.45, 7) is 2.46. The van der Waals surface area contributed by atoms with Crippen molar-refractivity contribution in [3.05, 3.63) is 29.3 Å². The lowest BCUT2D eigenvalue weighted by Gasteiger charge is -2.24. The number of hydrogen-bond acceptors (Lipinski definition) is 7. The molecular formula is C19H24N2O7. The number of anilines is 1. The van der Waals surface area contributed by atoms with Gasteiger partial charge in [-0.1, -0.05) is 0 Å². The number of amides is 2. The number of carbonyl (C=O) groups is 4. The van der Waals surface area contributed by atoms with Crippen LogP contribution in [0.4, 0.5) is 5.69 Å². The van der Waals surface area contributed by atoms with E-state index in [1.807, 2.05) is 6.92 Å². The highest BCUT2D eigenvalue weighted by Gasteiger charge is 2.37. The molecule has 0 aliphatic carbocycles. The van der Waals surface area contributed by atoms with E-state index in [9.17, 15) is 19.2 Å². The van der Waals surface area contributed by atoms with Gasteiger partial charge in [-0.05, 0) is 25.1 Å². The Labute approximate surface area is 162 Å². The van der Waals surface area contributed by atoms with Crippen LogP contribution in [-0.2, 0) is 23.8 Å². The third-order valence-corrected chi connectivity index (χ3v) is 4.57. The average molecular weight is 392 g/mol. The van der Waals surface area contributed by atoms with E-state index >= 15 is 0 Å². The van der Waals surface area contributed by atoms with Gasteiger partial charge >= 0.3 is 11.9 Å². The number of hydrogen-bond donors (Lipinski definition) is 1. The summed E-state index contributed by atoms with van der Waals surface area (Å²) in [5.41, 5.74) is 0.385. The van der Waals surface area contributed by atoms with E-state index < -0.39 is 23.8 Å². The summed E-state index contributed by atoms with van der Waals surface area (Å²) < 4.78 is 14.5. The number of nitrogens with one attached hydrogen (secondary N) is 1. The summed E-state index contributed by atoms with van der Waals surface area (Å²) in [7, 11) is 3.99. The highest BCUT2D eigenvalue weighted by molar-refractivity contribution is 6.05. The smallest absolute Gasteiger partial charge is 0.339 e. The molecule has 1 aromatic carbocycles. The van der Waals surface area contributed by atoms with Gasteiger partial charge in [-0.25, -0.2) is 9.59 Å².